The van der Waals surface area contributed by atoms with Crippen LogP contribution >= 0.6 is 0 Å². The SMILES string of the molecule is CC.Cc1cc(N)cc2cc(C(F)(F)F)[nH]c12. The number of alkyl halides is 3. The summed E-state index contributed by atoms with van der Waals surface area (Å²) in [5.74, 6) is 0. The molecule has 5 heteroatoms. The Morgan fingerprint density at radius 2 is 1.71 bits per heavy atom. The molecule has 2 nitrogen and oxygen atoms in total. The lowest BCUT2D eigenvalue weighted by molar-refractivity contribution is -0.140. The Labute approximate surface area is 97.6 Å². The standard InChI is InChI=1S/C10H9F3N2.C2H6/c1-5-2-7(14)3-6-4-8(10(11,12)13)15-9(5)6;1-2/h2-4,15H,14H2,1H3;1-2H3. The minimum atomic E-state index is -4.35. The second-order valence-electron chi connectivity index (χ2n) is 3.48. The van der Waals surface area contributed by atoms with Gasteiger partial charge in [0.25, 0.3) is 0 Å². The molecule has 0 fully saturated rings. The van der Waals surface area contributed by atoms with Gasteiger partial charge in [-0.1, -0.05) is 13.8 Å². The Kier molecular flexibility index (Phi) is 3.70. The number of aromatic amines is 1. The molecule has 0 saturated carbocycles. The lowest BCUT2D eigenvalue weighted by Gasteiger charge is -2.01. The number of nitrogen functional groups attached to an aromatic ring is 1. The lowest BCUT2D eigenvalue weighted by atomic mass is 10.1. The fourth-order valence-electron chi connectivity index (χ4n) is 1.61. The van der Waals surface area contributed by atoms with E-state index in [1.54, 1.807) is 13.0 Å². The van der Waals surface area contributed by atoms with Crippen LogP contribution < -0.4 is 5.73 Å². The van der Waals surface area contributed by atoms with Gasteiger partial charge in [0.1, 0.15) is 5.69 Å². The van der Waals surface area contributed by atoms with Crippen LogP contribution in [0.15, 0.2) is 18.2 Å². The van der Waals surface area contributed by atoms with Gasteiger partial charge in [-0.2, -0.15) is 13.2 Å². The minimum Gasteiger partial charge on any atom is -0.399 e. The van der Waals surface area contributed by atoms with Gasteiger partial charge in [-0.3, -0.25) is 0 Å². The molecule has 1 aromatic carbocycles. The van der Waals surface area contributed by atoms with Gasteiger partial charge in [0, 0.05) is 16.6 Å². The van der Waals surface area contributed by atoms with Crippen molar-refractivity contribution in [2.24, 2.45) is 0 Å². The average molecular weight is 244 g/mol. The van der Waals surface area contributed by atoms with Crippen LogP contribution in [0, 0.1) is 6.92 Å². The van der Waals surface area contributed by atoms with Gasteiger partial charge in [-0.05, 0) is 30.7 Å². The third kappa shape index (κ3) is 2.72. The van der Waals surface area contributed by atoms with E-state index in [9.17, 15) is 13.2 Å². The number of aromatic nitrogens is 1. The monoisotopic (exact) mass is 244 g/mol. The molecule has 0 saturated heterocycles. The average Bonchev–Trinajstić information content (AvgIpc) is 2.64. The van der Waals surface area contributed by atoms with Gasteiger partial charge >= 0.3 is 6.18 Å². The summed E-state index contributed by atoms with van der Waals surface area (Å²) in [6, 6.07) is 4.23. The molecule has 0 aliphatic carbocycles. The molecule has 0 atom stereocenters. The van der Waals surface area contributed by atoms with E-state index in [2.05, 4.69) is 4.98 Å². The molecule has 2 rings (SSSR count). The Balaban J connectivity index is 0.000000686. The van der Waals surface area contributed by atoms with E-state index in [0.717, 1.165) is 6.07 Å². The topological polar surface area (TPSA) is 41.8 Å². The highest BCUT2D eigenvalue weighted by Crippen LogP contribution is 2.32. The zero-order chi connectivity index (χ0) is 13.2. The molecule has 0 amide bonds. The fraction of sp³-hybridized carbons (Fsp3) is 0.333. The third-order valence-electron chi connectivity index (χ3n) is 2.25. The molecule has 17 heavy (non-hydrogen) atoms. The maximum Gasteiger partial charge on any atom is 0.431 e. The Bertz CT molecular complexity index is 512. The fourth-order valence-corrected chi connectivity index (χ4v) is 1.61. The van der Waals surface area contributed by atoms with E-state index >= 15 is 0 Å². The maximum absolute atomic E-state index is 12.4. The van der Waals surface area contributed by atoms with Crippen LogP contribution in [0.1, 0.15) is 25.1 Å². The van der Waals surface area contributed by atoms with Gasteiger partial charge in [0.05, 0.1) is 0 Å². The summed E-state index contributed by atoms with van der Waals surface area (Å²) in [4.78, 5) is 2.35. The lowest BCUT2D eigenvalue weighted by Crippen LogP contribution is -2.04. The first-order valence-corrected chi connectivity index (χ1v) is 5.34. The zero-order valence-electron chi connectivity index (χ0n) is 9.94. The van der Waals surface area contributed by atoms with Gasteiger partial charge < -0.3 is 10.7 Å². The number of nitrogens with one attached hydrogen (secondary N) is 1. The predicted octanol–water partition coefficient (Wildman–Crippen LogP) is 4.10. The minimum absolute atomic E-state index is 0.465. The Hall–Kier alpha value is -1.65. The number of aryl methyl sites for hydroxylation is 1. The van der Waals surface area contributed by atoms with Crippen molar-refractivity contribution in [3.8, 4) is 0 Å². The summed E-state index contributed by atoms with van der Waals surface area (Å²) in [5.41, 5.74) is 6.46. The van der Waals surface area contributed by atoms with Crippen molar-refractivity contribution in [2.45, 2.75) is 26.9 Å². The molecule has 0 aliphatic heterocycles. The quantitative estimate of drug-likeness (QED) is 0.673. The zero-order valence-corrected chi connectivity index (χ0v) is 9.94. The van der Waals surface area contributed by atoms with Gasteiger partial charge in [-0.25, -0.2) is 0 Å². The number of hydrogen-bond donors (Lipinski definition) is 2. The van der Waals surface area contributed by atoms with Crippen LogP contribution in [0.25, 0.3) is 10.9 Å². The number of fused-ring (bicyclic) bond motifs is 1. The van der Waals surface area contributed by atoms with Crippen LogP contribution in [-0.4, -0.2) is 4.98 Å². The van der Waals surface area contributed by atoms with Crippen molar-refractivity contribution in [3.63, 3.8) is 0 Å². The third-order valence-corrected chi connectivity index (χ3v) is 2.25. The molecule has 2 aromatic rings. The number of hydrogen-bond acceptors (Lipinski definition) is 1. The molecule has 0 unspecified atom stereocenters. The first-order chi connectivity index (χ1) is 7.88. The molecule has 94 valence electrons. The van der Waals surface area contributed by atoms with Gasteiger partial charge in [-0.15, -0.1) is 0 Å². The predicted molar refractivity (Wildman–Crippen MR) is 63.8 cm³/mol. The summed E-state index contributed by atoms with van der Waals surface area (Å²) in [6.45, 7) is 5.72. The number of rotatable bonds is 0. The molecular formula is C12H15F3N2. The van der Waals surface area contributed by atoms with Crippen molar-refractivity contribution in [2.75, 3.05) is 5.73 Å². The van der Waals surface area contributed by atoms with Gasteiger partial charge in [0.15, 0.2) is 0 Å². The summed E-state index contributed by atoms with van der Waals surface area (Å²) >= 11 is 0. The Morgan fingerprint density at radius 3 is 2.24 bits per heavy atom. The second-order valence-corrected chi connectivity index (χ2v) is 3.48. The van der Waals surface area contributed by atoms with E-state index in [0.29, 0.717) is 22.2 Å². The van der Waals surface area contributed by atoms with E-state index in [1.165, 1.54) is 6.07 Å². The summed E-state index contributed by atoms with van der Waals surface area (Å²) < 4.78 is 37.2. The summed E-state index contributed by atoms with van der Waals surface area (Å²) in [6.07, 6.45) is -4.35. The smallest absolute Gasteiger partial charge is 0.399 e. The maximum atomic E-state index is 12.4. The van der Waals surface area contributed by atoms with E-state index in [1.807, 2.05) is 13.8 Å². The van der Waals surface area contributed by atoms with Crippen molar-refractivity contribution < 1.29 is 13.2 Å². The Morgan fingerprint density at radius 1 is 1.12 bits per heavy atom. The number of H-pyrrole nitrogens is 1. The number of anilines is 1. The van der Waals surface area contributed by atoms with Crippen LogP contribution in [-0.2, 0) is 6.18 Å². The highest BCUT2D eigenvalue weighted by atomic mass is 19.4. The van der Waals surface area contributed by atoms with E-state index < -0.39 is 11.9 Å². The highest BCUT2D eigenvalue weighted by molar-refractivity contribution is 5.86. The number of nitrogens with two attached hydrogens (primary N) is 1. The normalized spacial score (nSPS) is 11.2. The van der Waals surface area contributed by atoms with Crippen LogP contribution in [0.2, 0.25) is 0 Å². The first-order valence-electron chi connectivity index (χ1n) is 5.34. The molecule has 3 N–H and O–H groups in total. The number of benzene rings is 1. The van der Waals surface area contributed by atoms with E-state index in [4.69, 9.17) is 5.73 Å². The second kappa shape index (κ2) is 4.69. The molecular weight excluding hydrogens is 229 g/mol. The molecule has 0 bridgehead atoms. The molecule has 0 aliphatic rings. The molecule has 1 heterocycles. The van der Waals surface area contributed by atoms with Crippen LogP contribution in [0.5, 0.6) is 0 Å². The largest absolute Gasteiger partial charge is 0.431 e. The molecule has 1 aromatic heterocycles. The van der Waals surface area contributed by atoms with Crippen molar-refractivity contribution in [3.05, 3.63) is 29.5 Å². The molecule has 0 spiro atoms. The van der Waals surface area contributed by atoms with E-state index in [-0.39, 0.29) is 0 Å². The van der Waals surface area contributed by atoms with Crippen LogP contribution in [0.3, 0.4) is 0 Å². The van der Waals surface area contributed by atoms with Crippen molar-refractivity contribution in [1.82, 2.24) is 4.98 Å². The molecule has 0 radical (unpaired) electrons. The van der Waals surface area contributed by atoms with Crippen molar-refractivity contribution >= 4 is 16.6 Å². The van der Waals surface area contributed by atoms with Gasteiger partial charge in [0.2, 0.25) is 0 Å². The summed E-state index contributed by atoms with van der Waals surface area (Å²) in [7, 11) is 0. The van der Waals surface area contributed by atoms with Crippen molar-refractivity contribution in [1.29, 1.82) is 0 Å². The van der Waals surface area contributed by atoms with Crippen LogP contribution in [0.4, 0.5) is 18.9 Å². The number of halogens is 3. The highest BCUT2D eigenvalue weighted by Gasteiger charge is 2.32. The first kappa shape index (κ1) is 13.4. The summed E-state index contributed by atoms with van der Waals surface area (Å²) in [5, 5.41) is 0.486.